The summed E-state index contributed by atoms with van der Waals surface area (Å²) >= 11 is 0. The van der Waals surface area contributed by atoms with Gasteiger partial charge in [-0.25, -0.2) is 0 Å². The van der Waals surface area contributed by atoms with Crippen LogP contribution in [0.25, 0.3) is 0 Å². The Hall–Kier alpha value is -0.843. The normalized spacial score (nSPS) is 7.08. The maximum Gasteiger partial charge on any atom is 0.305 e. The number of carbonyl (C=O) groups excluding carboxylic acids is 2. The SMILES string of the molecule is CCC(=O)OC.CCC(=O)OC.[SiH4]. The molecule has 0 N–H and O–H groups in total. The molecule has 0 saturated carbocycles. The molecule has 0 rings (SSSR count). The van der Waals surface area contributed by atoms with Gasteiger partial charge in [0.05, 0.1) is 14.2 Å². The predicted molar refractivity (Wildman–Crippen MR) is 55.9 cm³/mol. The molecule has 5 heteroatoms. The van der Waals surface area contributed by atoms with E-state index < -0.39 is 0 Å². The molecule has 0 atom stereocenters. The largest absolute Gasteiger partial charge is 0.469 e. The third-order valence-electron chi connectivity index (χ3n) is 1.03. The fourth-order valence-corrected chi connectivity index (χ4v) is 0.289. The second-order valence-corrected chi connectivity index (χ2v) is 1.86. The van der Waals surface area contributed by atoms with Gasteiger partial charge in [0.1, 0.15) is 0 Å². The van der Waals surface area contributed by atoms with Gasteiger partial charge in [-0.3, -0.25) is 9.59 Å². The molecular formula is C8H20O4Si. The molecule has 0 aromatic carbocycles. The first-order valence-electron chi connectivity index (χ1n) is 3.75. The maximum atomic E-state index is 9.96. The summed E-state index contributed by atoms with van der Waals surface area (Å²) in [5.74, 6) is -0.315. The number of ether oxygens (including phenoxy) is 2. The summed E-state index contributed by atoms with van der Waals surface area (Å²) in [7, 11) is 2.76. The van der Waals surface area contributed by atoms with Gasteiger partial charge in [-0.15, -0.1) is 0 Å². The van der Waals surface area contributed by atoms with E-state index in [2.05, 4.69) is 9.47 Å². The molecule has 0 fully saturated rings. The lowest BCUT2D eigenvalue weighted by molar-refractivity contribution is -0.141. The molecule has 0 bridgehead atoms. The van der Waals surface area contributed by atoms with Crippen LogP contribution in [0.15, 0.2) is 0 Å². The van der Waals surface area contributed by atoms with Gasteiger partial charge in [0.2, 0.25) is 0 Å². The topological polar surface area (TPSA) is 52.6 Å². The molecule has 0 aromatic heterocycles. The molecule has 0 unspecified atom stereocenters. The first-order valence-corrected chi connectivity index (χ1v) is 3.75. The van der Waals surface area contributed by atoms with E-state index in [1.807, 2.05) is 0 Å². The first-order chi connectivity index (χ1) is 5.62. The van der Waals surface area contributed by atoms with E-state index in [4.69, 9.17) is 0 Å². The summed E-state index contributed by atoms with van der Waals surface area (Å²) in [6.07, 6.45) is 0.938. The number of rotatable bonds is 2. The number of carbonyl (C=O) groups is 2. The molecule has 0 saturated heterocycles. The second-order valence-electron chi connectivity index (χ2n) is 1.86. The van der Waals surface area contributed by atoms with E-state index in [0.717, 1.165) is 0 Å². The predicted octanol–water partition coefficient (Wildman–Crippen LogP) is -0.313. The molecule has 0 spiro atoms. The van der Waals surface area contributed by atoms with Crippen LogP contribution >= 0.6 is 0 Å². The molecule has 80 valence electrons. The molecule has 13 heavy (non-hydrogen) atoms. The van der Waals surface area contributed by atoms with Gasteiger partial charge in [-0.05, 0) is 11.0 Å². The van der Waals surface area contributed by atoms with Gasteiger partial charge in [0, 0.05) is 12.8 Å². The molecule has 4 nitrogen and oxygen atoms in total. The highest BCUT2D eigenvalue weighted by Gasteiger charge is 1.88. The monoisotopic (exact) mass is 208 g/mol. The Morgan fingerprint density at radius 2 is 1.15 bits per heavy atom. The van der Waals surface area contributed by atoms with Crippen molar-refractivity contribution in [1.29, 1.82) is 0 Å². The highest BCUT2D eigenvalue weighted by molar-refractivity contribution is 5.75. The van der Waals surface area contributed by atoms with Crippen molar-refractivity contribution < 1.29 is 19.1 Å². The first kappa shape index (κ1) is 18.0. The number of hydrogen-bond acceptors (Lipinski definition) is 4. The Balaban J connectivity index is -0.000000143. The van der Waals surface area contributed by atoms with Crippen LogP contribution in [0.5, 0.6) is 0 Å². The molecule has 0 aliphatic rings. The van der Waals surface area contributed by atoms with Gasteiger partial charge < -0.3 is 9.47 Å². The zero-order chi connectivity index (χ0) is 9.98. The van der Waals surface area contributed by atoms with Crippen LogP contribution in [0, 0.1) is 0 Å². The van der Waals surface area contributed by atoms with E-state index in [1.165, 1.54) is 14.2 Å². The van der Waals surface area contributed by atoms with Crippen LogP contribution < -0.4 is 0 Å². The van der Waals surface area contributed by atoms with Gasteiger partial charge in [0.15, 0.2) is 0 Å². The summed E-state index contributed by atoms with van der Waals surface area (Å²) in [5.41, 5.74) is 0. The molecular weight excluding hydrogens is 188 g/mol. The van der Waals surface area contributed by atoms with E-state index in [-0.39, 0.29) is 22.9 Å². The summed E-state index contributed by atoms with van der Waals surface area (Å²) < 4.78 is 8.52. The Kier molecular flexibility index (Phi) is 19.1. The van der Waals surface area contributed by atoms with E-state index >= 15 is 0 Å². The van der Waals surface area contributed by atoms with Gasteiger partial charge in [-0.1, -0.05) is 13.8 Å². The van der Waals surface area contributed by atoms with E-state index in [0.29, 0.717) is 12.8 Å². The standard InChI is InChI=1S/2C4H8O2.H4Si/c2*1-3-4(5)6-2;/h2*3H2,1-2H3;1H4. The number of hydrogen-bond donors (Lipinski definition) is 0. The third kappa shape index (κ3) is 18.3. The van der Waals surface area contributed by atoms with Crippen molar-refractivity contribution in [2.75, 3.05) is 14.2 Å². The Labute approximate surface area is 83.6 Å². The number of esters is 2. The van der Waals surface area contributed by atoms with E-state index in [1.54, 1.807) is 13.8 Å². The molecule has 0 aromatic rings. The van der Waals surface area contributed by atoms with Gasteiger partial charge in [-0.2, -0.15) is 0 Å². The summed E-state index contributed by atoms with van der Waals surface area (Å²) in [5, 5.41) is 0. The Morgan fingerprint density at radius 3 is 1.15 bits per heavy atom. The average molecular weight is 208 g/mol. The molecule has 0 aliphatic heterocycles. The Bertz CT molecular complexity index is 108. The van der Waals surface area contributed by atoms with Crippen molar-refractivity contribution in [1.82, 2.24) is 0 Å². The van der Waals surface area contributed by atoms with Crippen molar-refractivity contribution in [2.45, 2.75) is 26.7 Å². The Morgan fingerprint density at radius 1 is 0.923 bits per heavy atom. The molecule has 0 amide bonds. The highest BCUT2D eigenvalue weighted by atomic mass is 28.1. The minimum absolute atomic E-state index is 0. The van der Waals surface area contributed by atoms with Gasteiger partial charge >= 0.3 is 11.9 Å². The smallest absolute Gasteiger partial charge is 0.305 e. The molecule has 0 heterocycles. The maximum absolute atomic E-state index is 9.96. The van der Waals surface area contributed by atoms with Crippen molar-refractivity contribution in [3.8, 4) is 0 Å². The third-order valence-corrected chi connectivity index (χ3v) is 1.03. The second kappa shape index (κ2) is 13.7. The highest BCUT2D eigenvalue weighted by Crippen LogP contribution is 1.76. The number of methoxy groups -OCH3 is 2. The quantitative estimate of drug-likeness (QED) is 0.461. The van der Waals surface area contributed by atoms with Crippen molar-refractivity contribution >= 4 is 22.9 Å². The van der Waals surface area contributed by atoms with Crippen LogP contribution in [0.1, 0.15) is 26.7 Å². The van der Waals surface area contributed by atoms with Gasteiger partial charge in [0.25, 0.3) is 0 Å². The molecule has 0 aliphatic carbocycles. The lowest BCUT2D eigenvalue weighted by Gasteiger charge is -1.87. The summed E-state index contributed by atoms with van der Waals surface area (Å²) in [6.45, 7) is 3.51. The van der Waals surface area contributed by atoms with Crippen LogP contribution in [-0.4, -0.2) is 37.1 Å². The average Bonchev–Trinajstić information content (AvgIpc) is 2.16. The van der Waals surface area contributed by atoms with Crippen LogP contribution in [0.2, 0.25) is 0 Å². The lowest BCUT2D eigenvalue weighted by Crippen LogP contribution is -1.94. The van der Waals surface area contributed by atoms with Crippen molar-refractivity contribution in [3.63, 3.8) is 0 Å². The van der Waals surface area contributed by atoms with Crippen molar-refractivity contribution in [3.05, 3.63) is 0 Å². The van der Waals surface area contributed by atoms with Crippen molar-refractivity contribution in [2.24, 2.45) is 0 Å². The van der Waals surface area contributed by atoms with Crippen LogP contribution in [-0.2, 0) is 19.1 Å². The summed E-state index contributed by atoms with van der Waals surface area (Å²) in [6, 6.07) is 0. The lowest BCUT2D eigenvalue weighted by atomic mass is 10.5. The van der Waals surface area contributed by atoms with Crippen LogP contribution in [0.3, 0.4) is 0 Å². The minimum atomic E-state index is -0.157. The van der Waals surface area contributed by atoms with E-state index in [9.17, 15) is 9.59 Å². The zero-order valence-corrected chi connectivity index (χ0v) is 8.05. The minimum Gasteiger partial charge on any atom is -0.469 e. The molecule has 0 radical (unpaired) electrons. The summed E-state index contributed by atoms with van der Waals surface area (Å²) in [4.78, 5) is 19.9. The van der Waals surface area contributed by atoms with Crippen LogP contribution in [0.4, 0.5) is 0 Å². The fraction of sp³-hybridized carbons (Fsp3) is 0.750. The zero-order valence-electron chi connectivity index (χ0n) is 8.05. The fourth-order valence-electron chi connectivity index (χ4n) is 0.289.